The van der Waals surface area contributed by atoms with Crippen LogP contribution in [0.2, 0.25) is 5.02 Å². The molecule has 1 N–H and O–H groups in total. The average Bonchev–Trinajstić information content (AvgIpc) is 2.76. The molecule has 1 aromatic heterocycles. The van der Waals surface area contributed by atoms with E-state index in [0.29, 0.717) is 18.9 Å². The molecule has 2 heterocycles. The fraction of sp³-hybridized carbons (Fsp3) is 0.545. The van der Waals surface area contributed by atoms with Gasteiger partial charge >= 0.3 is 6.18 Å². The second kappa shape index (κ2) is 4.93. The van der Waals surface area contributed by atoms with Crippen LogP contribution in [-0.4, -0.2) is 29.8 Å². The third-order valence-electron chi connectivity index (χ3n) is 2.99. The predicted octanol–water partition coefficient (Wildman–Crippen LogP) is 2.57. The summed E-state index contributed by atoms with van der Waals surface area (Å²) in [6, 6.07) is 0.885. The summed E-state index contributed by atoms with van der Waals surface area (Å²) in [6.07, 6.45) is -2.86. The minimum absolute atomic E-state index is 0.0107. The predicted molar refractivity (Wildman–Crippen MR) is 61.7 cm³/mol. The van der Waals surface area contributed by atoms with Gasteiger partial charge in [-0.3, -0.25) is 0 Å². The number of pyridine rings is 1. The van der Waals surface area contributed by atoms with Gasteiger partial charge < -0.3 is 10.0 Å². The molecule has 1 aliphatic heterocycles. The fourth-order valence-corrected chi connectivity index (χ4v) is 2.28. The number of hydrogen-bond acceptors (Lipinski definition) is 3. The van der Waals surface area contributed by atoms with Crippen molar-refractivity contribution in [2.45, 2.75) is 12.6 Å². The molecule has 0 saturated carbocycles. The third kappa shape index (κ3) is 2.70. The summed E-state index contributed by atoms with van der Waals surface area (Å²) in [5.41, 5.74) is -0.853. The summed E-state index contributed by atoms with van der Waals surface area (Å²) in [6.45, 7) is 1.27. The van der Waals surface area contributed by atoms with Crippen molar-refractivity contribution < 1.29 is 18.3 Å². The highest BCUT2D eigenvalue weighted by Gasteiger charge is 2.32. The highest BCUT2D eigenvalue weighted by atomic mass is 35.5. The number of aliphatic hydroxyl groups is 1. The van der Waals surface area contributed by atoms with Crippen molar-refractivity contribution in [1.29, 1.82) is 0 Å². The molecule has 1 aromatic rings. The van der Waals surface area contributed by atoms with E-state index in [0.717, 1.165) is 18.7 Å². The van der Waals surface area contributed by atoms with Crippen LogP contribution in [0.15, 0.2) is 12.3 Å². The van der Waals surface area contributed by atoms with Crippen molar-refractivity contribution in [3.05, 3.63) is 22.8 Å². The second-order valence-electron chi connectivity index (χ2n) is 4.31. The van der Waals surface area contributed by atoms with Crippen LogP contribution < -0.4 is 4.90 Å². The van der Waals surface area contributed by atoms with Crippen molar-refractivity contribution in [3.63, 3.8) is 0 Å². The van der Waals surface area contributed by atoms with Crippen LogP contribution in [0, 0.1) is 5.92 Å². The minimum Gasteiger partial charge on any atom is -0.396 e. The van der Waals surface area contributed by atoms with Crippen LogP contribution in [0.1, 0.15) is 12.0 Å². The van der Waals surface area contributed by atoms with E-state index in [1.807, 2.05) is 0 Å². The number of aromatic nitrogens is 1. The van der Waals surface area contributed by atoms with Gasteiger partial charge in [0.25, 0.3) is 0 Å². The molecular weight excluding hydrogens is 269 g/mol. The quantitative estimate of drug-likeness (QED) is 0.904. The van der Waals surface area contributed by atoms with Gasteiger partial charge in [-0.2, -0.15) is 13.2 Å². The lowest BCUT2D eigenvalue weighted by Gasteiger charge is -2.19. The Morgan fingerprint density at radius 1 is 1.50 bits per heavy atom. The maximum absolute atomic E-state index is 12.4. The topological polar surface area (TPSA) is 36.4 Å². The van der Waals surface area contributed by atoms with Crippen LogP contribution in [-0.2, 0) is 6.18 Å². The SMILES string of the molecule is OC[C@@H]1CCN(c2ncc(C(F)(F)F)cc2Cl)C1. The highest BCUT2D eigenvalue weighted by Crippen LogP contribution is 2.34. The van der Waals surface area contributed by atoms with Crippen molar-refractivity contribution >= 4 is 17.4 Å². The first-order valence-corrected chi connectivity index (χ1v) is 5.88. The minimum atomic E-state index is -4.44. The summed E-state index contributed by atoms with van der Waals surface area (Å²) in [5.74, 6) is 0.478. The van der Waals surface area contributed by atoms with Gasteiger partial charge in [0.05, 0.1) is 10.6 Å². The fourth-order valence-electron chi connectivity index (χ4n) is 1.99. The number of halogens is 4. The van der Waals surface area contributed by atoms with E-state index in [2.05, 4.69) is 4.98 Å². The smallest absolute Gasteiger partial charge is 0.396 e. The van der Waals surface area contributed by atoms with Gasteiger partial charge in [-0.25, -0.2) is 4.98 Å². The number of hydrogen-bond donors (Lipinski definition) is 1. The monoisotopic (exact) mass is 280 g/mol. The standard InChI is InChI=1S/C11H12ClF3N2O/c12-9-3-8(11(13,14)15)4-16-10(9)17-2-1-7(5-17)6-18/h3-4,7,18H,1-2,5-6H2/t7-/m1/s1. The maximum atomic E-state index is 12.4. The molecule has 0 amide bonds. The van der Waals surface area contributed by atoms with Gasteiger partial charge in [-0.05, 0) is 12.5 Å². The molecule has 0 radical (unpaired) electrons. The molecule has 2 rings (SSSR count). The summed E-state index contributed by atoms with van der Waals surface area (Å²) in [7, 11) is 0. The molecule has 0 aromatic carbocycles. The van der Waals surface area contributed by atoms with Gasteiger partial charge in [-0.15, -0.1) is 0 Å². The zero-order valence-electron chi connectivity index (χ0n) is 9.41. The van der Waals surface area contributed by atoms with Gasteiger partial charge in [0.15, 0.2) is 0 Å². The Balaban J connectivity index is 2.21. The molecule has 0 unspecified atom stereocenters. The Hall–Kier alpha value is -1.01. The van der Waals surface area contributed by atoms with Crippen molar-refractivity contribution in [2.75, 3.05) is 24.6 Å². The van der Waals surface area contributed by atoms with Crippen molar-refractivity contribution in [3.8, 4) is 0 Å². The van der Waals surface area contributed by atoms with E-state index >= 15 is 0 Å². The van der Waals surface area contributed by atoms with Crippen molar-refractivity contribution in [1.82, 2.24) is 4.98 Å². The van der Waals surface area contributed by atoms with Crippen LogP contribution in [0.5, 0.6) is 0 Å². The zero-order valence-corrected chi connectivity index (χ0v) is 10.2. The number of aliphatic hydroxyl groups excluding tert-OH is 1. The van der Waals surface area contributed by atoms with Gasteiger partial charge in [0.2, 0.25) is 0 Å². The van der Waals surface area contributed by atoms with E-state index in [-0.39, 0.29) is 17.5 Å². The molecule has 0 aliphatic carbocycles. The lowest BCUT2D eigenvalue weighted by molar-refractivity contribution is -0.137. The van der Waals surface area contributed by atoms with E-state index in [1.165, 1.54) is 0 Å². The third-order valence-corrected chi connectivity index (χ3v) is 3.27. The number of anilines is 1. The summed E-state index contributed by atoms with van der Waals surface area (Å²) in [5, 5.41) is 9.01. The lowest BCUT2D eigenvalue weighted by Crippen LogP contribution is -2.22. The molecule has 1 saturated heterocycles. The summed E-state index contributed by atoms with van der Waals surface area (Å²) >= 11 is 5.84. The second-order valence-corrected chi connectivity index (χ2v) is 4.72. The lowest BCUT2D eigenvalue weighted by atomic mass is 10.1. The van der Waals surface area contributed by atoms with Gasteiger partial charge in [-0.1, -0.05) is 11.6 Å². The first-order chi connectivity index (χ1) is 8.41. The van der Waals surface area contributed by atoms with E-state index in [4.69, 9.17) is 16.7 Å². The normalized spacial score (nSPS) is 20.5. The summed E-state index contributed by atoms with van der Waals surface area (Å²) in [4.78, 5) is 5.58. The Kier molecular flexibility index (Phi) is 3.68. The Morgan fingerprint density at radius 2 is 2.22 bits per heavy atom. The zero-order chi connectivity index (χ0) is 13.3. The molecule has 100 valence electrons. The molecule has 0 bridgehead atoms. The number of nitrogens with zero attached hydrogens (tertiary/aromatic N) is 2. The first-order valence-electron chi connectivity index (χ1n) is 5.50. The number of alkyl halides is 3. The van der Waals surface area contributed by atoms with Crippen LogP contribution in [0.4, 0.5) is 19.0 Å². The molecule has 0 spiro atoms. The largest absolute Gasteiger partial charge is 0.417 e. The number of rotatable bonds is 2. The molecular formula is C11H12ClF3N2O. The molecule has 3 nitrogen and oxygen atoms in total. The highest BCUT2D eigenvalue weighted by molar-refractivity contribution is 6.33. The van der Waals surface area contributed by atoms with Crippen LogP contribution in [0.3, 0.4) is 0 Å². The molecule has 18 heavy (non-hydrogen) atoms. The summed E-state index contributed by atoms with van der Waals surface area (Å²) < 4.78 is 37.3. The van der Waals surface area contributed by atoms with Gasteiger partial charge in [0.1, 0.15) is 5.82 Å². The van der Waals surface area contributed by atoms with E-state index in [9.17, 15) is 13.2 Å². The molecule has 7 heteroatoms. The first kappa shape index (κ1) is 13.4. The Bertz CT molecular complexity index is 439. The molecule has 1 aliphatic rings. The molecule has 1 fully saturated rings. The van der Waals surface area contributed by atoms with Crippen LogP contribution >= 0.6 is 11.6 Å². The van der Waals surface area contributed by atoms with E-state index < -0.39 is 11.7 Å². The van der Waals surface area contributed by atoms with E-state index in [1.54, 1.807) is 4.90 Å². The average molecular weight is 281 g/mol. The van der Waals surface area contributed by atoms with Gasteiger partial charge in [0, 0.05) is 31.8 Å². The Labute approximate surface area is 107 Å². The molecule has 1 atom stereocenters. The maximum Gasteiger partial charge on any atom is 0.417 e. The van der Waals surface area contributed by atoms with Crippen LogP contribution in [0.25, 0.3) is 0 Å². The Morgan fingerprint density at radius 3 is 2.72 bits per heavy atom. The van der Waals surface area contributed by atoms with Crippen molar-refractivity contribution in [2.24, 2.45) is 5.92 Å².